The second-order valence-electron chi connectivity index (χ2n) is 8.48. The van der Waals surface area contributed by atoms with Crippen molar-refractivity contribution in [1.82, 2.24) is 4.31 Å². The molecule has 1 aliphatic rings. The van der Waals surface area contributed by atoms with Gasteiger partial charge in [-0.2, -0.15) is 4.31 Å². The van der Waals surface area contributed by atoms with Gasteiger partial charge in [0, 0.05) is 12.2 Å². The maximum absolute atomic E-state index is 13.6. The zero-order valence-corrected chi connectivity index (χ0v) is 19.8. The van der Waals surface area contributed by atoms with Gasteiger partial charge in [0.25, 0.3) is 0 Å². The summed E-state index contributed by atoms with van der Waals surface area (Å²) in [6.07, 6.45) is 0.307. The lowest BCUT2D eigenvalue weighted by Crippen LogP contribution is -2.50. The number of anilines is 1. The molecule has 0 saturated carbocycles. The highest BCUT2D eigenvalue weighted by molar-refractivity contribution is 7.89. The van der Waals surface area contributed by atoms with Gasteiger partial charge in [0.1, 0.15) is 11.8 Å². The number of nitrogens with one attached hydrogen (secondary N) is 1. The fraction of sp³-hybridized carbons (Fsp3) is 0.269. The van der Waals surface area contributed by atoms with Gasteiger partial charge in [0.15, 0.2) is 0 Å². The van der Waals surface area contributed by atoms with Crippen LogP contribution in [0.3, 0.4) is 0 Å². The van der Waals surface area contributed by atoms with Crippen molar-refractivity contribution < 1.29 is 17.9 Å². The van der Waals surface area contributed by atoms with Crippen LogP contribution >= 0.6 is 0 Å². The quantitative estimate of drug-likeness (QED) is 0.580. The van der Waals surface area contributed by atoms with Crippen molar-refractivity contribution in [3.63, 3.8) is 0 Å². The lowest BCUT2D eigenvalue weighted by Gasteiger charge is -2.35. The van der Waals surface area contributed by atoms with E-state index in [9.17, 15) is 13.2 Å². The molecule has 0 spiro atoms. The van der Waals surface area contributed by atoms with Crippen molar-refractivity contribution in [3.8, 4) is 5.75 Å². The third-order valence-electron chi connectivity index (χ3n) is 6.02. The Labute approximate surface area is 195 Å². The Bertz CT molecular complexity index is 1240. The highest BCUT2D eigenvalue weighted by Gasteiger charge is 2.39. The van der Waals surface area contributed by atoms with E-state index in [1.54, 1.807) is 12.1 Å². The van der Waals surface area contributed by atoms with Gasteiger partial charge in [0.05, 0.1) is 12.0 Å². The van der Waals surface area contributed by atoms with Crippen molar-refractivity contribution in [3.05, 3.63) is 89.5 Å². The highest BCUT2D eigenvalue weighted by atomic mass is 32.2. The third-order valence-corrected chi connectivity index (χ3v) is 7.89. The molecule has 1 N–H and O–H groups in total. The number of benzene rings is 3. The zero-order chi connectivity index (χ0) is 23.6. The van der Waals surface area contributed by atoms with E-state index in [4.69, 9.17) is 4.74 Å². The molecule has 0 aromatic heterocycles. The van der Waals surface area contributed by atoms with Crippen LogP contribution in [0, 0.1) is 0 Å². The largest absolute Gasteiger partial charge is 0.497 e. The number of nitrogens with zero attached hydrogens (tertiary/aromatic N) is 1. The molecule has 1 aliphatic heterocycles. The van der Waals surface area contributed by atoms with Gasteiger partial charge >= 0.3 is 0 Å². The first-order chi connectivity index (χ1) is 15.8. The van der Waals surface area contributed by atoms with Gasteiger partial charge < -0.3 is 10.1 Å². The molecule has 0 aliphatic carbocycles. The van der Waals surface area contributed by atoms with Gasteiger partial charge in [-0.1, -0.05) is 50.2 Å². The first kappa shape index (κ1) is 23.0. The summed E-state index contributed by atoms with van der Waals surface area (Å²) in [7, 11) is -2.39. The van der Waals surface area contributed by atoms with E-state index in [0.29, 0.717) is 23.8 Å². The topological polar surface area (TPSA) is 75.7 Å². The van der Waals surface area contributed by atoms with Crippen LogP contribution in [0.25, 0.3) is 0 Å². The van der Waals surface area contributed by atoms with Crippen LogP contribution < -0.4 is 10.1 Å². The van der Waals surface area contributed by atoms with E-state index < -0.39 is 16.1 Å². The summed E-state index contributed by atoms with van der Waals surface area (Å²) in [5, 5.41) is 2.92. The van der Waals surface area contributed by atoms with Gasteiger partial charge in [-0.05, 0) is 65.4 Å². The van der Waals surface area contributed by atoms with Gasteiger partial charge in [-0.15, -0.1) is 0 Å². The Morgan fingerprint density at radius 1 is 0.970 bits per heavy atom. The highest BCUT2D eigenvalue weighted by Crippen LogP contribution is 2.30. The minimum atomic E-state index is -3.92. The Hall–Kier alpha value is -3.16. The molecule has 3 aromatic rings. The SMILES string of the molecule is COc1ccc(S(=O)(=O)N2Cc3ccccc3C[C@@H]2C(=O)Nc2ccc(C(C)C)cc2)cc1. The second-order valence-corrected chi connectivity index (χ2v) is 10.4. The van der Waals surface area contributed by atoms with Gasteiger partial charge in [0.2, 0.25) is 15.9 Å². The molecule has 0 radical (unpaired) electrons. The monoisotopic (exact) mass is 464 g/mol. The predicted molar refractivity (Wildman–Crippen MR) is 129 cm³/mol. The molecule has 1 atom stereocenters. The smallest absolute Gasteiger partial charge is 0.244 e. The van der Waals surface area contributed by atoms with Crippen molar-refractivity contribution in [2.45, 2.75) is 43.7 Å². The van der Waals surface area contributed by atoms with Crippen LogP contribution in [-0.2, 0) is 27.8 Å². The van der Waals surface area contributed by atoms with E-state index in [-0.39, 0.29) is 17.3 Å². The Morgan fingerprint density at radius 3 is 2.21 bits per heavy atom. The summed E-state index contributed by atoms with van der Waals surface area (Å²) in [5.41, 5.74) is 3.70. The molecule has 3 aromatic carbocycles. The molecule has 33 heavy (non-hydrogen) atoms. The average molecular weight is 465 g/mol. The molecular weight excluding hydrogens is 436 g/mol. The molecule has 1 amide bonds. The molecule has 1 heterocycles. The third kappa shape index (κ3) is 4.79. The van der Waals surface area contributed by atoms with Gasteiger partial charge in [-0.25, -0.2) is 8.42 Å². The number of methoxy groups -OCH3 is 1. The normalized spacial score (nSPS) is 16.3. The lowest BCUT2D eigenvalue weighted by molar-refractivity contribution is -0.120. The molecule has 0 fully saturated rings. The molecule has 6 nitrogen and oxygen atoms in total. The number of hydrogen-bond donors (Lipinski definition) is 1. The van der Waals surface area contributed by atoms with Crippen LogP contribution in [0.5, 0.6) is 5.75 Å². The lowest BCUT2D eigenvalue weighted by atomic mass is 9.95. The molecule has 0 bridgehead atoms. The molecular formula is C26H28N2O4S. The summed E-state index contributed by atoms with van der Waals surface area (Å²) in [4.78, 5) is 13.5. The van der Waals surface area contributed by atoms with Crippen LogP contribution in [-0.4, -0.2) is 31.8 Å². The van der Waals surface area contributed by atoms with E-state index in [1.165, 1.54) is 29.1 Å². The standard InChI is InChI=1S/C26H28N2O4S/c1-18(2)19-8-10-22(11-9-19)27-26(29)25-16-20-6-4-5-7-21(20)17-28(25)33(30,31)24-14-12-23(32-3)13-15-24/h4-15,18,25H,16-17H2,1-3H3,(H,27,29)/t25-/m1/s1. The first-order valence-corrected chi connectivity index (χ1v) is 12.4. The van der Waals surface area contributed by atoms with E-state index in [1.807, 2.05) is 48.5 Å². The maximum atomic E-state index is 13.6. The average Bonchev–Trinajstić information content (AvgIpc) is 2.83. The van der Waals surface area contributed by atoms with E-state index in [2.05, 4.69) is 19.2 Å². The van der Waals surface area contributed by atoms with Crippen LogP contribution in [0.2, 0.25) is 0 Å². The number of ether oxygens (including phenoxy) is 1. The number of fused-ring (bicyclic) bond motifs is 1. The number of hydrogen-bond acceptors (Lipinski definition) is 4. The number of carbonyl (C=O) groups is 1. The van der Waals surface area contributed by atoms with E-state index in [0.717, 1.165) is 11.1 Å². The number of rotatable bonds is 6. The van der Waals surface area contributed by atoms with Crippen molar-refractivity contribution in [2.75, 3.05) is 12.4 Å². The van der Waals surface area contributed by atoms with Crippen LogP contribution in [0.15, 0.2) is 77.7 Å². The maximum Gasteiger partial charge on any atom is 0.244 e. The Morgan fingerprint density at radius 2 is 1.61 bits per heavy atom. The van der Waals surface area contributed by atoms with Crippen molar-refractivity contribution >= 4 is 21.6 Å². The minimum absolute atomic E-state index is 0.127. The summed E-state index contributed by atoms with van der Waals surface area (Å²) in [5.74, 6) is 0.602. The molecule has 7 heteroatoms. The summed E-state index contributed by atoms with van der Waals surface area (Å²) >= 11 is 0. The zero-order valence-electron chi connectivity index (χ0n) is 19.0. The second kappa shape index (κ2) is 9.37. The molecule has 0 unspecified atom stereocenters. The molecule has 4 rings (SSSR count). The van der Waals surface area contributed by atoms with Gasteiger partial charge in [-0.3, -0.25) is 4.79 Å². The summed E-state index contributed by atoms with van der Waals surface area (Å²) in [6, 6.07) is 20.7. The Balaban J connectivity index is 1.66. The van der Waals surface area contributed by atoms with E-state index >= 15 is 0 Å². The predicted octanol–water partition coefficient (Wildman–Crippen LogP) is 4.57. The number of amides is 1. The first-order valence-electron chi connectivity index (χ1n) is 10.9. The summed E-state index contributed by atoms with van der Waals surface area (Å²) < 4.78 is 33.6. The minimum Gasteiger partial charge on any atom is -0.497 e. The summed E-state index contributed by atoms with van der Waals surface area (Å²) in [6.45, 7) is 4.35. The van der Waals surface area contributed by atoms with Crippen LogP contribution in [0.4, 0.5) is 5.69 Å². The molecule has 0 saturated heterocycles. The van der Waals surface area contributed by atoms with Crippen LogP contribution in [0.1, 0.15) is 36.5 Å². The fourth-order valence-corrected chi connectivity index (χ4v) is 5.60. The fourth-order valence-electron chi connectivity index (χ4n) is 4.04. The van der Waals surface area contributed by atoms with Crippen molar-refractivity contribution in [2.24, 2.45) is 0 Å². The Kier molecular flexibility index (Phi) is 6.54. The molecule has 172 valence electrons. The van der Waals surface area contributed by atoms with Crippen molar-refractivity contribution in [1.29, 1.82) is 0 Å². The number of carbonyl (C=O) groups excluding carboxylic acids is 1. The number of sulfonamides is 1.